The summed E-state index contributed by atoms with van der Waals surface area (Å²) >= 11 is 0. The molecule has 0 aliphatic carbocycles. The van der Waals surface area contributed by atoms with Gasteiger partial charge in [-0.25, -0.2) is 8.78 Å². The van der Waals surface area contributed by atoms with E-state index >= 15 is 0 Å². The van der Waals surface area contributed by atoms with E-state index in [4.69, 9.17) is 4.74 Å². The topological polar surface area (TPSA) is 12.5 Å². The Bertz CT molecular complexity index is 134. The van der Waals surface area contributed by atoms with E-state index in [0.717, 1.165) is 0 Å². The van der Waals surface area contributed by atoms with Gasteiger partial charge in [0, 0.05) is 13.7 Å². The highest BCUT2D eigenvalue weighted by Gasteiger charge is 2.40. The second-order valence-electron chi connectivity index (χ2n) is 2.92. The van der Waals surface area contributed by atoms with Crippen molar-refractivity contribution in [2.75, 3.05) is 27.3 Å². The van der Waals surface area contributed by atoms with Crippen molar-refractivity contribution in [3.8, 4) is 0 Å². The second kappa shape index (κ2) is 3.45. The van der Waals surface area contributed by atoms with Gasteiger partial charge in [0.15, 0.2) is 6.17 Å². The van der Waals surface area contributed by atoms with Crippen LogP contribution in [0.4, 0.5) is 8.78 Å². The van der Waals surface area contributed by atoms with Crippen LogP contribution in [0.1, 0.15) is 0 Å². The minimum atomic E-state index is -1.39. The van der Waals surface area contributed by atoms with Crippen molar-refractivity contribution in [3.05, 3.63) is 0 Å². The normalized spacial score (nSPS) is 39.8. The zero-order chi connectivity index (χ0) is 8.43. The molecule has 2 nitrogen and oxygen atoms in total. The molecule has 1 aliphatic heterocycles. The SMILES string of the molecule is COCC1C(F)C(F)CN1C. The average molecular weight is 165 g/mol. The number of likely N-dealkylation sites (N-methyl/N-ethyl adjacent to an activating group) is 1. The van der Waals surface area contributed by atoms with Crippen molar-refractivity contribution in [2.24, 2.45) is 0 Å². The monoisotopic (exact) mass is 165 g/mol. The molecule has 1 aliphatic rings. The third kappa shape index (κ3) is 1.68. The van der Waals surface area contributed by atoms with E-state index in [1.54, 1.807) is 11.9 Å². The van der Waals surface area contributed by atoms with Crippen molar-refractivity contribution < 1.29 is 13.5 Å². The van der Waals surface area contributed by atoms with Crippen LogP contribution in [-0.4, -0.2) is 50.6 Å². The molecule has 4 heteroatoms. The number of halogens is 2. The maximum absolute atomic E-state index is 12.9. The predicted octanol–water partition coefficient (Wildman–Crippen LogP) is 0.623. The van der Waals surface area contributed by atoms with Gasteiger partial charge in [-0.3, -0.25) is 4.90 Å². The number of ether oxygens (including phenoxy) is 1. The molecule has 1 heterocycles. The lowest BCUT2D eigenvalue weighted by Crippen LogP contribution is -2.34. The Morgan fingerprint density at radius 3 is 2.55 bits per heavy atom. The van der Waals surface area contributed by atoms with E-state index in [-0.39, 0.29) is 13.2 Å². The number of methoxy groups -OCH3 is 1. The fraction of sp³-hybridized carbons (Fsp3) is 1.00. The largest absolute Gasteiger partial charge is 0.383 e. The third-order valence-corrected chi connectivity index (χ3v) is 2.08. The van der Waals surface area contributed by atoms with E-state index in [9.17, 15) is 8.78 Å². The van der Waals surface area contributed by atoms with Gasteiger partial charge in [0.25, 0.3) is 0 Å². The molecular formula is C7H13F2NO. The van der Waals surface area contributed by atoms with Gasteiger partial charge in [-0.15, -0.1) is 0 Å². The molecule has 0 spiro atoms. The molecule has 0 saturated carbocycles. The molecule has 1 saturated heterocycles. The summed E-state index contributed by atoms with van der Waals surface area (Å²) in [7, 11) is 3.20. The van der Waals surface area contributed by atoms with Crippen molar-refractivity contribution in [3.63, 3.8) is 0 Å². The van der Waals surface area contributed by atoms with E-state index in [2.05, 4.69) is 0 Å². The number of rotatable bonds is 2. The smallest absolute Gasteiger partial charge is 0.150 e. The Morgan fingerprint density at radius 2 is 2.18 bits per heavy atom. The molecule has 66 valence electrons. The molecule has 0 aromatic carbocycles. The van der Waals surface area contributed by atoms with Gasteiger partial charge >= 0.3 is 0 Å². The molecule has 0 aromatic heterocycles. The summed E-state index contributed by atoms with van der Waals surface area (Å²) in [6, 6.07) is -0.407. The van der Waals surface area contributed by atoms with Crippen LogP contribution < -0.4 is 0 Å². The maximum atomic E-state index is 12.9. The van der Waals surface area contributed by atoms with Crippen LogP contribution in [0, 0.1) is 0 Å². The van der Waals surface area contributed by atoms with E-state index < -0.39 is 18.4 Å². The Kier molecular flexibility index (Phi) is 2.78. The molecule has 0 aromatic rings. The summed E-state index contributed by atoms with van der Waals surface area (Å²) in [5.74, 6) is 0. The van der Waals surface area contributed by atoms with Crippen LogP contribution in [0.3, 0.4) is 0 Å². The van der Waals surface area contributed by atoms with E-state index in [0.29, 0.717) is 0 Å². The first-order valence-electron chi connectivity index (χ1n) is 3.64. The summed E-state index contributed by atoms with van der Waals surface area (Å²) in [6.07, 6.45) is -2.74. The first kappa shape index (κ1) is 8.87. The highest BCUT2D eigenvalue weighted by atomic mass is 19.2. The van der Waals surface area contributed by atoms with E-state index in [1.165, 1.54) is 7.11 Å². The lowest BCUT2D eigenvalue weighted by atomic mass is 10.2. The number of nitrogens with zero attached hydrogens (tertiary/aromatic N) is 1. The maximum Gasteiger partial charge on any atom is 0.150 e. The lowest BCUT2D eigenvalue weighted by molar-refractivity contribution is 0.0891. The summed E-state index contributed by atoms with van der Waals surface area (Å²) in [4.78, 5) is 1.65. The second-order valence-corrected chi connectivity index (χ2v) is 2.92. The number of hydrogen-bond acceptors (Lipinski definition) is 2. The zero-order valence-corrected chi connectivity index (χ0v) is 6.76. The molecule has 1 fully saturated rings. The van der Waals surface area contributed by atoms with Crippen molar-refractivity contribution in [2.45, 2.75) is 18.4 Å². The van der Waals surface area contributed by atoms with Crippen LogP contribution >= 0.6 is 0 Å². The first-order chi connectivity index (χ1) is 5.16. The van der Waals surface area contributed by atoms with Gasteiger partial charge in [-0.05, 0) is 7.05 Å². The third-order valence-electron chi connectivity index (χ3n) is 2.08. The van der Waals surface area contributed by atoms with Gasteiger partial charge in [0.1, 0.15) is 6.17 Å². The minimum Gasteiger partial charge on any atom is -0.383 e. The molecule has 3 atom stereocenters. The molecule has 3 unspecified atom stereocenters. The highest BCUT2D eigenvalue weighted by Crippen LogP contribution is 2.22. The van der Waals surface area contributed by atoms with Crippen molar-refractivity contribution in [1.29, 1.82) is 0 Å². The molecule has 0 N–H and O–H groups in total. The molecule has 0 radical (unpaired) electrons. The Labute approximate surface area is 65.1 Å². The van der Waals surface area contributed by atoms with Gasteiger partial charge in [0.2, 0.25) is 0 Å². The molecule has 0 amide bonds. The van der Waals surface area contributed by atoms with Gasteiger partial charge in [0.05, 0.1) is 12.6 Å². The minimum absolute atomic E-state index is 0.176. The summed E-state index contributed by atoms with van der Waals surface area (Å²) in [5, 5.41) is 0. The fourth-order valence-electron chi connectivity index (χ4n) is 1.39. The summed E-state index contributed by atoms with van der Waals surface area (Å²) in [6.45, 7) is 0.438. The summed E-state index contributed by atoms with van der Waals surface area (Å²) in [5.41, 5.74) is 0. The van der Waals surface area contributed by atoms with Gasteiger partial charge < -0.3 is 4.74 Å². The van der Waals surface area contributed by atoms with Crippen LogP contribution in [0.25, 0.3) is 0 Å². The number of likely N-dealkylation sites (tertiary alicyclic amines) is 1. The van der Waals surface area contributed by atoms with Crippen LogP contribution in [-0.2, 0) is 4.74 Å². The Hall–Kier alpha value is -0.220. The molecule has 1 rings (SSSR count). The standard InChI is InChI=1S/C7H13F2NO/c1-10-3-5(8)7(9)6(10)4-11-2/h5-7H,3-4H2,1-2H3. The lowest BCUT2D eigenvalue weighted by Gasteiger charge is -2.18. The molecular weight excluding hydrogens is 152 g/mol. The average Bonchev–Trinajstić information content (AvgIpc) is 2.17. The molecule has 11 heavy (non-hydrogen) atoms. The quantitative estimate of drug-likeness (QED) is 0.595. The predicted molar refractivity (Wildman–Crippen MR) is 38.1 cm³/mol. The number of alkyl halides is 2. The van der Waals surface area contributed by atoms with E-state index in [1.807, 2.05) is 0 Å². The van der Waals surface area contributed by atoms with Crippen molar-refractivity contribution in [1.82, 2.24) is 4.90 Å². The zero-order valence-electron chi connectivity index (χ0n) is 6.76. The Morgan fingerprint density at radius 1 is 1.55 bits per heavy atom. The van der Waals surface area contributed by atoms with Crippen molar-refractivity contribution >= 4 is 0 Å². The Balaban J connectivity index is 2.49. The van der Waals surface area contributed by atoms with Crippen LogP contribution in [0.5, 0.6) is 0 Å². The van der Waals surface area contributed by atoms with Gasteiger partial charge in [-0.2, -0.15) is 0 Å². The van der Waals surface area contributed by atoms with Crippen LogP contribution in [0.2, 0.25) is 0 Å². The first-order valence-corrected chi connectivity index (χ1v) is 3.64. The van der Waals surface area contributed by atoms with Crippen LogP contribution in [0.15, 0.2) is 0 Å². The number of hydrogen-bond donors (Lipinski definition) is 0. The van der Waals surface area contributed by atoms with Gasteiger partial charge in [-0.1, -0.05) is 0 Å². The molecule has 0 bridgehead atoms. The summed E-state index contributed by atoms with van der Waals surface area (Å²) < 4.78 is 30.4. The fourth-order valence-corrected chi connectivity index (χ4v) is 1.39. The highest BCUT2D eigenvalue weighted by molar-refractivity contribution is 4.92.